The minimum atomic E-state index is -0.831. The number of carbonyl (C=O) groups excluding carboxylic acids is 1. The number of benzene rings is 1. The van der Waals surface area contributed by atoms with Crippen LogP contribution in [0.3, 0.4) is 0 Å². The van der Waals surface area contributed by atoms with Crippen LogP contribution in [0.5, 0.6) is 5.75 Å². The molecule has 0 bridgehead atoms. The van der Waals surface area contributed by atoms with Gasteiger partial charge in [0.15, 0.2) is 0 Å². The van der Waals surface area contributed by atoms with Gasteiger partial charge in [0, 0.05) is 25.2 Å². The Labute approximate surface area is 138 Å². The highest BCUT2D eigenvalue weighted by Crippen LogP contribution is 2.32. The zero-order valence-corrected chi connectivity index (χ0v) is 14.2. The van der Waals surface area contributed by atoms with Gasteiger partial charge in [-0.2, -0.15) is 0 Å². The number of nitrogens with zero attached hydrogens (tertiary/aromatic N) is 1. The molecule has 130 valence electrons. The second-order valence-electron chi connectivity index (χ2n) is 5.29. The van der Waals surface area contributed by atoms with Gasteiger partial charge in [-0.3, -0.25) is 4.79 Å². The number of nitrogens with one attached hydrogen (secondary N) is 1. The third kappa shape index (κ3) is 6.08. The van der Waals surface area contributed by atoms with E-state index in [1.807, 2.05) is 37.8 Å². The van der Waals surface area contributed by atoms with E-state index in [0.717, 1.165) is 12.1 Å². The molecule has 0 aliphatic heterocycles. The minimum Gasteiger partial charge on any atom is -0.492 e. The molecule has 1 aromatic carbocycles. The van der Waals surface area contributed by atoms with E-state index < -0.39 is 6.10 Å². The van der Waals surface area contributed by atoms with Crippen molar-refractivity contribution in [1.82, 2.24) is 0 Å². The molecule has 0 saturated carbocycles. The molecule has 0 saturated heterocycles. The van der Waals surface area contributed by atoms with Gasteiger partial charge in [0.05, 0.1) is 25.0 Å². The fourth-order valence-corrected chi connectivity index (χ4v) is 2.28. The first-order valence-electron chi connectivity index (χ1n) is 8.16. The molecule has 0 aliphatic rings. The van der Waals surface area contributed by atoms with E-state index in [2.05, 4.69) is 5.32 Å². The third-order valence-corrected chi connectivity index (χ3v) is 3.38. The molecule has 23 heavy (non-hydrogen) atoms. The number of rotatable bonds is 10. The predicted molar refractivity (Wildman–Crippen MR) is 92.1 cm³/mol. The highest BCUT2D eigenvalue weighted by atomic mass is 16.5. The first-order valence-corrected chi connectivity index (χ1v) is 8.16. The third-order valence-electron chi connectivity index (χ3n) is 3.38. The molecule has 0 fully saturated rings. The number of amides is 1. The van der Waals surface area contributed by atoms with Crippen molar-refractivity contribution in [3.63, 3.8) is 0 Å². The van der Waals surface area contributed by atoms with Gasteiger partial charge in [0.1, 0.15) is 5.75 Å². The molecule has 1 atom stereocenters. The zero-order chi connectivity index (χ0) is 17.2. The van der Waals surface area contributed by atoms with Crippen LogP contribution in [0, 0.1) is 0 Å². The number of aliphatic hydroxyl groups is 2. The Kier molecular flexibility index (Phi) is 8.43. The second-order valence-corrected chi connectivity index (χ2v) is 5.29. The molecular weight excluding hydrogens is 296 g/mol. The van der Waals surface area contributed by atoms with Crippen LogP contribution in [0.2, 0.25) is 0 Å². The number of hydrogen-bond acceptors (Lipinski definition) is 5. The van der Waals surface area contributed by atoms with Crippen LogP contribution in [0.1, 0.15) is 33.6 Å². The first kappa shape index (κ1) is 19.3. The van der Waals surface area contributed by atoms with Gasteiger partial charge in [-0.25, -0.2) is 0 Å². The van der Waals surface area contributed by atoms with Crippen molar-refractivity contribution in [3.8, 4) is 5.75 Å². The minimum absolute atomic E-state index is 0.0268. The lowest BCUT2D eigenvalue weighted by Crippen LogP contribution is -2.34. The summed E-state index contributed by atoms with van der Waals surface area (Å²) in [6, 6.07) is 5.46. The van der Waals surface area contributed by atoms with Crippen LogP contribution < -0.4 is 15.0 Å². The summed E-state index contributed by atoms with van der Waals surface area (Å²) in [5, 5.41) is 21.7. The maximum atomic E-state index is 11.8. The number of anilines is 2. The Morgan fingerprint density at radius 2 is 2.09 bits per heavy atom. The van der Waals surface area contributed by atoms with Crippen LogP contribution in [0.4, 0.5) is 11.4 Å². The molecule has 0 heterocycles. The van der Waals surface area contributed by atoms with Gasteiger partial charge < -0.3 is 25.2 Å². The molecule has 6 heteroatoms. The van der Waals surface area contributed by atoms with Crippen LogP contribution >= 0.6 is 0 Å². The predicted octanol–water partition coefficient (Wildman–Crippen LogP) is 2.00. The molecule has 0 spiro atoms. The van der Waals surface area contributed by atoms with E-state index in [-0.39, 0.29) is 12.5 Å². The normalized spacial score (nSPS) is 11.9. The number of ether oxygens (including phenoxy) is 1. The second kappa shape index (κ2) is 10.1. The van der Waals surface area contributed by atoms with Crippen molar-refractivity contribution in [3.05, 3.63) is 18.2 Å². The standard InChI is InChI=1S/C17H28N2O4/c1-4-7-17(22)18-13-8-9-16(23-6-3)15(10-13)19(5-2)11-14(21)12-20/h8-10,14,20-21H,4-7,11-12H2,1-3H3,(H,18,22). The summed E-state index contributed by atoms with van der Waals surface area (Å²) in [6.45, 7) is 6.98. The summed E-state index contributed by atoms with van der Waals surface area (Å²) in [6.07, 6.45) is 0.436. The van der Waals surface area contributed by atoms with E-state index in [1.54, 1.807) is 6.07 Å². The van der Waals surface area contributed by atoms with E-state index in [1.165, 1.54) is 0 Å². The van der Waals surface area contributed by atoms with Crippen molar-refractivity contribution in [2.75, 3.05) is 36.5 Å². The maximum absolute atomic E-state index is 11.8. The molecule has 0 aromatic heterocycles. The summed E-state index contributed by atoms with van der Waals surface area (Å²) >= 11 is 0. The number of aliphatic hydroxyl groups excluding tert-OH is 2. The van der Waals surface area contributed by atoms with Gasteiger partial charge >= 0.3 is 0 Å². The van der Waals surface area contributed by atoms with Crippen LogP contribution in [-0.4, -0.2) is 48.5 Å². The lowest BCUT2D eigenvalue weighted by molar-refractivity contribution is -0.116. The van der Waals surface area contributed by atoms with Gasteiger partial charge in [0.2, 0.25) is 5.91 Å². The molecule has 1 rings (SSSR count). The van der Waals surface area contributed by atoms with Gasteiger partial charge in [-0.15, -0.1) is 0 Å². The van der Waals surface area contributed by atoms with Crippen molar-refractivity contribution < 1.29 is 19.7 Å². The maximum Gasteiger partial charge on any atom is 0.224 e. The Morgan fingerprint density at radius 1 is 1.35 bits per heavy atom. The van der Waals surface area contributed by atoms with E-state index in [9.17, 15) is 9.90 Å². The number of hydrogen-bond donors (Lipinski definition) is 3. The zero-order valence-electron chi connectivity index (χ0n) is 14.2. The quantitative estimate of drug-likeness (QED) is 0.613. The van der Waals surface area contributed by atoms with Crippen molar-refractivity contribution in [1.29, 1.82) is 0 Å². The highest BCUT2D eigenvalue weighted by molar-refractivity contribution is 5.91. The van der Waals surface area contributed by atoms with Crippen molar-refractivity contribution in [2.24, 2.45) is 0 Å². The first-order chi connectivity index (χ1) is 11.0. The van der Waals surface area contributed by atoms with Crippen LogP contribution in [0.25, 0.3) is 0 Å². The molecule has 1 aromatic rings. The Morgan fingerprint density at radius 3 is 2.65 bits per heavy atom. The Hall–Kier alpha value is -1.79. The molecular formula is C17H28N2O4. The molecule has 1 amide bonds. The molecule has 6 nitrogen and oxygen atoms in total. The molecule has 0 aliphatic carbocycles. The van der Waals surface area contributed by atoms with E-state index >= 15 is 0 Å². The Balaban J connectivity index is 3.05. The Bertz CT molecular complexity index is 493. The average molecular weight is 324 g/mol. The van der Waals surface area contributed by atoms with Gasteiger partial charge in [-0.05, 0) is 38.5 Å². The van der Waals surface area contributed by atoms with Crippen molar-refractivity contribution in [2.45, 2.75) is 39.7 Å². The fraction of sp³-hybridized carbons (Fsp3) is 0.588. The van der Waals surface area contributed by atoms with Crippen LogP contribution in [-0.2, 0) is 4.79 Å². The lowest BCUT2D eigenvalue weighted by atomic mass is 10.2. The van der Waals surface area contributed by atoms with Gasteiger partial charge in [-0.1, -0.05) is 6.92 Å². The molecule has 0 radical (unpaired) electrons. The van der Waals surface area contributed by atoms with E-state index in [4.69, 9.17) is 9.84 Å². The largest absolute Gasteiger partial charge is 0.492 e. The van der Waals surface area contributed by atoms with Crippen LogP contribution in [0.15, 0.2) is 18.2 Å². The summed E-state index contributed by atoms with van der Waals surface area (Å²) < 4.78 is 5.64. The summed E-state index contributed by atoms with van der Waals surface area (Å²) in [5.41, 5.74) is 1.48. The highest BCUT2D eigenvalue weighted by Gasteiger charge is 2.16. The summed E-state index contributed by atoms with van der Waals surface area (Å²) in [4.78, 5) is 13.7. The SMILES string of the molecule is CCCC(=O)Nc1ccc(OCC)c(N(CC)CC(O)CO)c1. The number of likely N-dealkylation sites (N-methyl/N-ethyl adjacent to an activating group) is 1. The van der Waals surface area contributed by atoms with Crippen molar-refractivity contribution >= 4 is 17.3 Å². The monoisotopic (exact) mass is 324 g/mol. The molecule has 3 N–H and O–H groups in total. The smallest absolute Gasteiger partial charge is 0.224 e. The fourth-order valence-electron chi connectivity index (χ4n) is 2.28. The molecule has 1 unspecified atom stereocenters. The number of carbonyl (C=O) groups is 1. The average Bonchev–Trinajstić information content (AvgIpc) is 2.54. The summed E-state index contributed by atoms with van der Waals surface area (Å²) in [5.74, 6) is 0.661. The van der Waals surface area contributed by atoms with Gasteiger partial charge in [0.25, 0.3) is 0 Å². The summed E-state index contributed by atoms with van der Waals surface area (Å²) in [7, 11) is 0. The topological polar surface area (TPSA) is 82.0 Å². The lowest BCUT2D eigenvalue weighted by Gasteiger charge is -2.27. The van der Waals surface area contributed by atoms with E-state index in [0.29, 0.717) is 37.6 Å².